The van der Waals surface area contributed by atoms with E-state index < -0.39 is 0 Å². The molecule has 1 aromatic heterocycles. The van der Waals surface area contributed by atoms with Crippen molar-refractivity contribution in [2.45, 2.75) is 13.8 Å². The van der Waals surface area contributed by atoms with Crippen LogP contribution >= 0.6 is 31.9 Å². The number of pyridine rings is 1. The topological polar surface area (TPSA) is 37.6 Å². The summed E-state index contributed by atoms with van der Waals surface area (Å²) in [7, 11) is 0. The van der Waals surface area contributed by atoms with E-state index in [9.17, 15) is 0 Å². The summed E-state index contributed by atoms with van der Waals surface area (Å²) in [5, 5.41) is 0. The molecule has 3 rings (SSSR count). The fourth-order valence-electron chi connectivity index (χ4n) is 2.40. The number of halogens is 2. The van der Waals surface area contributed by atoms with Crippen LogP contribution in [-0.2, 0) is 0 Å². The second-order valence-electron chi connectivity index (χ2n) is 5.71. The van der Waals surface area contributed by atoms with Gasteiger partial charge in [0.2, 0.25) is 0 Å². The van der Waals surface area contributed by atoms with Crippen LogP contribution in [0.2, 0.25) is 0 Å². The molecule has 0 spiro atoms. The summed E-state index contributed by atoms with van der Waals surface area (Å²) in [4.78, 5) is 14.1. The van der Waals surface area contributed by atoms with E-state index >= 15 is 0 Å². The van der Waals surface area contributed by atoms with Crippen LogP contribution in [0.25, 0.3) is 0 Å². The first-order chi connectivity index (χ1) is 12.5. The molecule has 0 aliphatic rings. The molecule has 0 saturated heterocycles. The molecule has 0 atom stereocenters. The Morgan fingerprint density at radius 1 is 0.654 bits per heavy atom. The molecule has 0 aliphatic carbocycles. The maximum atomic E-state index is 4.73. The highest BCUT2D eigenvalue weighted by Gasteiger charge is 2.06. The van der Waals surface area contributed by atoms with E-state index in [1.54, 1.807) is 0 Å². The molecule has 130 valence electrons. The van der Waals surface area contributed by atoms with Gasteiger partial charge in [0.05, 0.1) is 34.2 Å². The lowest BCUT2D eigenvalue weighted by molar-refractivity contribution is 1.24. The van der Waals surface area contributed by atoms with Gasteiger partial charge in [0.15, 0.2) is 0 Å². The normalized spacial score (nSPS) is 12.3. The Balaban J connectivity index is 1.93. The Morgan fingerprint density at radius 3 is 1.50 bits per heavy atom. The Morgan fingerprint density at radius 2 is 1.08 bits per heavy atom. The van der Waals surface area contributed by atoms with Crippen molar-refractivity contribution >= 4 is 54.7 Å². The second kappa shape index (κ2) is 8.52. The van der Waals surface area contributed by atoms with Gasteiger partial charge < -0.3 is 0 Å². The molecule has 0 bridgehead atoms. The van der Waals surface area contributed by atoms with Gasteiger partial charge in [-0.05, 0) is 82.1 Å². The van der Waals surface area contributed by atoms with E-state index in [0.29, 0.717) is 0 Å². The predicted molar refractivity (Wildman–Crippen MR) is 116 cm³/mol. The number of hydrogen-bond donors (Lipinski definition) is 0. The lowest BCUT2D eigenvalue weighted by atomic mass is 10.2. The molecule has 0 fully saturated rings. The molecule has 0 amide bonds. The van der Waals surface area contributed by atoms with Crippen molar-refractivity contribution in [1.29, 1.82) is 0 Å². The van der Waals surface area contributed by atoms with Gasteiger partial charge in [-0.3, -0.25) is 9.98 Å². The third kappa shape index (κ3) is 4.54. The highest BCUT2D eigenvalue weighted by atomic mass is 79.9. The zero-order valence-corrected chi connectivity index (χ0v) is 17.6. The number of para-hydroxylation sites is 2. The number of hydrogen-bond acceptors (Lipinski definition) is 3. The predicted octanol–water partition coefficient (Wildman–Crippen LogP) is 6.89. The summed E-state index contributed by atoms with van der Waals surface area (Å²) in [6, 6.07) is 21.7. The lowest BCUT2D eigenvalue weighted by Crippen LogP contribution is -2.05. The van der Waals surface area contributed by atoms with Crippen LogP contribution in [0.5, 0.6) is 0 Å². The Hall–Kier alpha value is -2.11. The van der Waals surface area contributed by atoms with Crippen molar-refractivity contribution < 1.29 is 0 Å². The molecule has 0 saturated carbocycles. The third-order valence-corrected chi connectivity index (χ3v) is 5.11. The summed E-state index contributed by atoms with van der Waals surface area (Å²) in [5.41, 5.74) is 5.14. The smallest absolute Gasteiger partial charge is 0.0849 e. The van der Waals surface area contributed by atoms with Crippen molar-refractivity contribution in [3.63, 3.8) is 0 Å². The molecule has 3 nitrogen and oxygen atoms in total. The minimum Gasteiger partial charge on any atom is -0.250 e. The van der Waals surface area contributed by atoms with Gasteiger partial charge in [0, 0.05) is 8.95 Å². The molecule has 0 radical (unpaired) electrons. The largest absolute Gasteiger partial charge is 0.250 e. The molecule has 0 N–H and O–H groups in total. The van der Waals surface area contributed by atoms with Crippen LogP contribution in [0.1, 0.15) is 25.2 Å². The highest BCUT2D eigenvalue weighted by molar-refractivity contribution is 9.11. The zero-order chi connectivity index (χ0) is 18.5. The quantitative estimate of drug-likeness (QED) is 0.382. The zero-order valence-electron chi connectivity index (χ0n) is 14.4. The lowest BCUT2D eigenvalue weighted by Gasteiger charge is -2.06. The average molecular weight is 471 g/mol. The van der Waals surface area contributed by atoms with Crippen molar-refractivity contribution in [1.82, 2.24) is 4.98 Å². The van der Waals surface area contributed by atoms with E-state index in [4.69, 9.17) is 4.98 Å². The van der Waals surface area contributed by atoms with Crippen LogP contribution in [-0.4, -0.2) is 16.4 Å². The Kier molecular flexibility index (Phi) is 6.12. The Bertz CT molecular complexity index is 917. The highest BCUT2D eigenvalue weighted by Crippen LogP contribution is 2.26. The minimum atomic E-state index is 0.833. The molecule has 0 unspecified atom stereocenters. The van der Waals surface area contributed by atoms with Crippen LogP contribution in [0.4, 0.5) is 11.4 Å². The molecule has 3 aromatic rings. The first-order valence-corrected chi connectivity index (χ1v) is 9.70. The van der Waals surface area contributed by atoms with Crippen LogP contribution < -0.4 is 0 Å². The number of benzene rings is 2. The molecular formula is C21H17Br2N3. The Labute approximate surface area is 170 Å². The van der Waals surface area contributed by atoms with Gasteiger partial charge in [-0.25, -0.2) is 4.98 Å². The van der Waals surface area contributed by atoms with Gasteiger partial charge in [-0.2, -0.15) is 0 Å². The van der Waals surface area contributed by atoms with E-state index in [2.05, 4.69) is 41.8 Å². The van der Waals surface area contributed by atoms with Gasteiger partial charge in [0.1, 0.15) is 0 Å². The molecule has 1 heterocycles. The molecule has 26 heavy (non-hydrogen) atoms. The van der Waals surface area contributed by atoms with E-state index in [1.807, 2.05) is 80.6 Å². The van der Waals surface area contributed by atoms with Crippen molar-refractivity contribution in [3.8, 4) is 0 Å². The van der Waals surface area contributed by atoms with Crippen LogP contribution in [0, 0.1) is 0 Å². The van der Waals surface area contributed by atoms with Crippen molar-refractivity contribution in [2.24, 2.45) is 9.98 Å². The maximum Gasteiger partial charge on any atom is 0.0849 e. The maximum absolute atomic E-state index is 4.73. The number of rotatable bonds is 4. The third-order valence-electron chi connectivity index (χ3n) is 3.77. The van der Waals surface area contributed by atoms with E-state index in [0.717, 1.165) is 43.1 Å². The summed E-state index contributed by atoms with van der Waals surface area (Å²) in [5.74, 6) is 0. The molecule has 0 aliphatic heterocycles. The van der Waals surface area contributed by atoms with Gasteiger partial charge in [-0.1, -0.05) is 30.3 Å². The van der Waals surface area contributed by atoms with Gasteiger partial charge >= 0.3 is 0 Å². The van der Waals surface area contributed by atoms with Crippen molar-refractivity contribution in [3.05, 3.63) is 87.1 Å². The van der Waals surface area contributed by atoms with Crippen molar-refractivity contribution in [2.75, 3.05) is 0 Å². The van der Waals surface area contributed by atoms with Gasteiger partial charge in [-0.15, -0.1) is 0 Å². The summed E-state index contributed by atoms with van der Waals surface area (Å²) in [6.07, 6.45) is 0. The fourth-order valence-corrected chi connectivity index (χ4v) is 3.15. The monoisotopic (exact) mass is 469 g/mol. The van der Waals surface area contributed by atoms with E-state index in [1.165, 1.54) is 0 Å². The second-order valence-corrected chi connectivity index (χ2v) is 7.41. The summed E-state index contributed by atoms with van der Waals surface area (Å²) < 4.78 is 1.92. The number of nitrogens with zero attached hydrogens (tertiary/aromatic N) is 3. The van der Waals surface area contributed by atoms with Gasteiger partial charge in [0.25, 0.3) is 0 Å². The summed E-state index contributed by atoms with van der Waals surface area (Å²) in [6.45, 7) is 3.93. The first kappa shape index (κ1) is 18.7. The standard InChI is InChI=1S/C21H17Br2N3/c1-14(24-20-10-5-3-8-16(20)22)18-12-7-13-19(26-18)15(2)25-21-11-6-4-9-17(21)23/h3-13H,1-2H3. The number of aromatic nitrogens is 1. The van der Waals surface area contributed by atoms with Crippen LogP contribution in [0.15, 0.2) is 85.7 Å². The SMILES string of the molecule is CC(=Nc1ccccc1Br)c1cccc(C(C)=Nc2ccccc2Br)n1. The minimum absolute atomic E-state index is 0.833. The molecular weight excluding hydrogens is 454 g/mol. The summed E-state index contributed by atoms with van der Waals surface area (Å²) >= 11 is 7.06. The first-order valence-electron chi connectivity index (χ1n) is 8.12. The average Bonchev–Trinajstić information content (AvgIpc) is 2.65. The number of aliphatic imine (C=N–C) groups is 2. The fraction of sp³-hybridized carbons (Fsp3) is 0.0952. The van der Waals surface area contributed by atoms with E-state index in [-0.39, 0.29) is 0 Å². The molecule has 5 heteroatoms. The van der Waals surface area contributed by atoms with Crippen LogP contribution in [0.3, 0.4) is 0 Å². The molecule has 2 aromatic carbocycles.